The van der Waals surface area contributed by atoms with Gasteiger partial charge in [-0.15, -0.1) is 0 Å². The Labute approximate surface area is 85.3 Å². The van der Waals surface area contributed by atoms with Gasteiger partial charge in [0.2, 0.25) is 0 Å². The summed E-state index contributed by atoms with van der Waals surface area (Å²) in [6.45, 7) is 8.24. The molecule has 4 nitrogen and oxygen atoms in total. The van der Waals surface area contributed by atoms with E-state index in [-0.39, 0.29) is 23.7 Å². The molecule has 1 fully saturated rings. The molecule has 14 heavy (non-hydrogen) atoms. The molecule has 1 rings (SSSR count). The minimum absolute atomic E-state index is 0.0819. The van der Waals surface area contributed by atoms with Gasteiger partial charge in [0.05, 0.1) is 6.10 Å². The first kappa shape index (κ1) is 11.3. The van der Waals surface area contributed by atoms with Crippen LogP contribution in [0.3, 0.4) is 0 Å². The Hall–Kier alpha value is -0.770. The SMILES string of the molecule is CC(C)NC(=O)N1CC(O)CC1(C)C. The number of likely N-dealkylation sites (tertiary alicyclic amines) is 1. The van der Waals surface area contributed by atoms with Crippen molar-refractivity contribution in [1.82, 2.24) is 10.2 Å². The molecule has 0 aromatic rings. The zero-order valence-corrected chi connectivity index (χ0v) is 9.37. The van der Waals surface area contributed by atoms with Crippen LogP contribution in [0.5, 0.6) is 0 Å². The third-order valence-corrected chi connectivity index (χ3v) is 2.52. The zero-order valence-electron chi connectivity index (χ0n) is 9.37. The Morgan fingerprint density at radius 2 is 2.14 bits per heavy atom. The largest absolute Gasteiger partial charge is 0.391 e. The molecule has 0 saturated carbocycles. The molecule has 1 unspecified atom stereocenters. The molecule has 1 aliphatic rings. The minimum Gasteiger partial charge on any atom is -0.391 e. The smallest absolute Gasteiger partial charge is 0.318 e. The molecule has 1 atom stereocenters. The lowest BCUT2D eigenvalue weighted by Gasteiger charge is -2.31. The molecule has 0 spiro atoms. The third-order valence-electron chi connectivity index (χ3n) is 2.52. The molecule has 0 aliphatic carbocycles. The van der Waals surface area contributed by atoms with Gasteiger partial charge in [-0.05, 0) is 34.1 Å². The van der Waals surface area contributed by atoms with Crippen LogP contribution in [0, 0.1) is 0 Å². The summed E-state index contributed by atoms with van der Waals surface area (Å²) in [4.78, 5) is 13.4. The Morgan fingerprint density at radius 3 is 2.50 bits per heavy atom. The van der Waals surface area contributed by atoms with E-state index in [1.165, 1.54) is 0 Å². The van der Waals surface area contributed by atoms with Gasteiger partial charge in [-0.25, -0.2) is 4.79 Å². The lowest BCUT2D eigenvalue weighted by molar-refractivity contribution is 0.158. The molecule has 1 aliphatic heterocycles. The minimum atomic E-state index is -0.386. The number of urea groups is 1. The molecule has 0 bridgehead atoms. The Balaban J connectivity index is 2.63. The molecule has 1 saturated heterocycles. The summed E-state index contributed by atoms with van der Waals surface area (Å²) in [5.74, 6) is 0. The zero-order chi connectivity index (χ0) is 10.9. The van der Waals surface area contributed by atoms with E-state index in [9.17, 15) is 9.90 Å². The first-order valence-corrected chi connectivity index (χ1v) is 5.09. The van der Waals surface area contributed by atoms with Crippen LogP contribution in [0.15, 0.2) is 0 Å². The summed E-state index contributed by atoms with van der Waals surface area (Å²) in [5, 5.41) is 12.3. The average Bonchev–Trinajstić information content (AvgIpc) is 2.22. The van der Waals surface area contributed by atoms with Crippen molar-refractivity contribution in [3.05, 3.63) is 0 Å². The summed E-state index contributed by atoms with van der Waals surface area (Å²) in [5.41, 5.74) is -0.238. The normalized spacial score (nSPS) is 25.6. The van der Waals surface area contributed by atoms with Crippen LogP contribution in [0.2, 0.25) is 0 Å². The van der Waals surface area contributed by atoms with Crippen molar-refractivity contribution < 1.29 is 9.90 Å². The Kier molecular flexibility index (Phi) is 3.04. The van der Waals surface area contributed by atoms with Crippen molar-refractivity contribution in [2.45, 2.75) is 51.8 Å². The molecule has 1 heterocycles. The summed E-state index contributed by atoms with van der Waals surface area (Å²) < 4.78 is 0. The monoisotopic (exact) mass is 200 g/mol. The van der Waals surface area contributed by atoms with E-state index in [0.717, 1.165) is 0 Å². The second-order valence-corrected chi connectivity index (χ2v) is 4.89. The summed E-state index contributed by atoms with van der Waals surface area (Å²) in [6.07, 6.45) is 0.265. The quantitative estimate of drug-likeness (QED) is 0.662. The van der Waals surface area contributed by atoms with Gasteiger partial charge in [0.15, 0.2) is 0 Å². The summed E-state index contributed by atoms with van der Waals surface area (Å²) in [7, 11) is 0. The van der Waals surface area contributed by atoms with Crippen LogP contribution >= 0.6 is 0 Å². The second-order valence-electron chi connectivity index (χ2n) is 4.89. The van der Waals surface area contributed by atoms with E-state index >= 15 is 0 Å². The predicted molar refractivity (Wildman–Crippen MR) is 55.1 cm³/mol. The maximum atomic E-state index is 11.7. The highest BCUT2D eigenvalue weighted by atomic mass is 16.3. The molecular weight excluding hydrogens is 180 g/mol. The maximum absolute atomic E-state index is 11.7. The maximum Gasteiger partial charge on any atom is 0.318 e. The Morgan fingerprint density at radius 1 is 1.57 bits per heavy atom. The number of aliphatic hydroxyl groups is 1. The van der Waals surface area contributed by atoms with Crippen LogP contribution in [-0.4, -0.2) is 40.3 Å². The number of rotatable bonds is 1. The van der Waals surface area contributed by atoms with E-state index < -0.39 is 0 Å². The number of β-amino-alcohol motifs (C(OH)–C–C–N with tert-alkyl or cyclic N) is 1. The van der Waals surface area contributed by atoms with E-state index in [1.54, 1.807) is 4.90 Å². The van der Waals surface area contributed by atoms with E-state index in [4.69, 9.17) is 0 Å². The van der Waals surface area contributed by atoms with Crippen LogP contribution in [0.1, 0.15) is 34.1 Å². The van der Waals surface area contributed by atoms with Crippen LogP contribution in [0.25, 0.3) is 0 Å². The molecule has 0 aromatic carbocycles. The lowest BCUT2D eigenvalue weighted by Crippen LogP contribution is -2.49. The first-order chi connectivity index (χ1) is 6.33. The fourth-order valence-corrected chi connectivity index (χ4v) is 1.89. The number of nitrogens with one attached hydrogen (secondary N) is 1. The van der Waals surface area contributed by atoms with Crippen molar-refractivity contribution >= 4 is 6.03 Å². The van der Waals surface area contributed by atoms with Gasteiger partial charge >= 0.3 is 6.03 Å². The number of aliphatic hydroxyl groups excluding tert-OH is 1. The highest BCUT2D eigenvalue weighted by molar-refractivity contribution is 5.75. The second kappa shape index (κ2) is 3.77. The molecule has 2 amide bonds. The van der Waals surface area contributed by atoms with Crippen molar-refractivity contribution in [3.8, 4) is 0 Å². The fraction of sp³-hybridized carbons (Fsp3) is 0.900. The number of hydrogen-bond donors (Lipinski definition) is 2. The van der Waals surface area contributed by atoms with Crippen molar-refractivity contribution in [2.24, 2.45) is 0 Å². The fourth-order valence-electron chi connectivity index (χ4n) is 1.89. The van der Waals surface area contributed by atoms with Crippen LogP contribution < -0.4 is 5.32 Å². The Bertz CT molecular complexity index is 226. The van der Waals surface area contributed by atoms with E-state index in [0.29, 0.717) is 13.0 Å². The van der Waals surface area contributed by atoms with Gasteiger partial charge in [0.25, 0.3) is 0 Å². The van der Waals surface area contributed by atoms with Crippen LogP contribution in [-0.2, 0) is 0 Å². The van der Waals surface area contributed by atoms with E-state index in [2.05, 4.69) is 5.32 Å². The number of carbonyl (C=O) groups excluding carboxylic acids is 1. The topological polar surface area (TPSA) is 52.6 Å². The number of nitrogens with zero attached hydrogens (tertiary/aromatic N) is 1. The van der Waals surface area contributed by atoms with E-state index in [1.807, 2.05) is 27.7 Å². The standard InChI is InChI=1S/C10H20N2O2/c1-7(2)11-9(14)12-6-8(13)5-10(12,3)4/h7-8,13H,5-6H2,1-4H3,(H,11,14). The number of carbonyl (C=O) groups is 1. The third kappa shape index (κ3) is 2.38. The van der Waals surface area contributed by atoms with Gasteiger partial charge in [-0.3, -0.25) is 0 Å². The molecular formula is C10H20N2O2. The highest BCUT2D eigenvalue weighted by Crippen LogP contribution is 2.28. The van der Waals surface area contributed by atoms with Gasteiger partial charge < -0.3 is 15.3 Å². The number of amides is 2. The van der Waals surface area contributed by atoms with Crippen molar-refractivity contribution in [1.29, 1.82) is 0 Å². The number of hydrogen-bond acceptors (Lipinski definition) is 2. The van der Waals surface area contributed by atoms with Gasteiger partial charge in [0, 0.05) is 18.1 Å². The van der Waals surface area contributed by atoms with Gasteiger partial charge in [0.1, 0.15) is 0 Å². The lowest BCUT2D eigenvalue weighted by atomic mass is 10.0. The van der Waals surface area contributed by atoms with Gasteiger partial charge in [-0.1, -0.05) is 0 Å². The van der Waals surface area contributed by atoms with Gasteiger partial charge in [-0.2, -0.15) is 0 Å². The summed E-state index contributed by atoms with van der Waals surface area (Å²) >= 11 is 0. The molecule has 82 valence electrons. The van der Waals surface area contributed by atoms with Crippen LogP contribution in [0.4, 0.5) is 4.79 Å². The molecule has 0 radical (unpaired) electrons. The average molecular weight is 200 g/mol. The van der Waals surface area contributed by atoms with Crippen molar-refractivity contribution in [3.63, 3.8) is 0 Å². The first-order valence-electron chi connectivity index (χ1n) is 5.09. The van der Waals surface area contributed by atoms with Crippen molar-refractivity contribution in [2.75, 3.05) is 6.54 Å². The predicted octanol–water partition coefficient (Wildman–Crippen LogP) is 0.950. The highest BCUT2D eigenvalue weighted by Gasteiger charge is 2.40. The molecule has 0 aromatic heterocycles. The summed E-state index contributed by atoms with van der Waals surface area (Å²) in [6, 6.07) is 0.0533. The molecule has 4 heteroatoms. The molecule has 2 N–H and O–H groups in total.